The lowest BCUT2D eigenvalue weighted by Gasteiger charge is -2.05. The van der Waals surface area contributed by atoms with Gasteiger partial charge in [-0.25, -0.2) is 0 Å². The topological polar surface area (TPSA) is 12.0 Å². The first-order chi connectivity index (χ1) is 10.9. The largest absolute Gasteiger partial charge is 0.317 e. The van der Waals surface area contributed by atoms with Gasteiger partial charge >= 0.3 is 0 Å². The molecule has 0 saturated heterocycles. The summed E-state index contributed by atoms with van der Waals surface area (Å²) < 4.78 is 0. The maximum Gasteiger partial charge on any atom is -0.00489 e. The minimum atomic E-state index is 1.24. The number of nitrogens with one attached hydrogen (secondary N) is 1. The van der Waals surface area contributed by atoms with E-state index >= 15 is 0 Å². The summed E-state index contributed by atoms with van der Waals surface area (Å²) in [5, 5.41) is 3.61. The van der Waals surface area contributed by atoms with Gasteiger partial charge in [-0.15, -0.1) is 0 Å². The van der Waals surface area contributed by atoms with Crippen molar-refractivity contribution in [2.75, 3.05) is 13.1 Å². The zero-order valence-electron chi connectivity index (χ0n) is 15.9. The first-order valence-electron chi connectivity index (χ1n) is 10.6. The van der Waals surface area contributed by atoms with E-state index in [0.717, 1.165) is 0 Å². The molecule has 0 radical (unpaired) electrons. The van der Waals surface area contributed by atoms with Crippen molar-refractivity contribution in [3.8, 4) is 0 Å². The summed E-state index contributed by atoms with van der Waals surface area (Å²) in [7, 11) is 0. The van der Waals surface area contributed by atoms with Crippen LogP contribution >= 0.6 is 0 Å². The molecule has 0 aliphatic carbocycles. The van der Waals surface area contributed by atoms with E-state index in [9.17, 15) is 0 Å². The van der Waals surface area contributed by atoms with E-state index < -0.39 is 0 Å². The lowest BCUT2D eigenvalue weighted by atomic mass is 10.1. The first-order valence-corrected chi connectivity index (χ1v) is 10.6. The summed E-state index contributed by atoms with van der Waals surface area (Å²) in [6.45, 7) is 7.06. The van der Waals surface area contributed by atoms with E-state index in [4.69, 9.17) is 0 Å². The van der Waals surface area contributed by atoms with Crippen molar-refractivity contribution in [3.63, 3.8) is 0 Å². The molecule has 0 spiro atoms. The zero-order chi connectivity index (χ0) is 16.1. The summed E-state index contributed by atoms with van der Waals surface area (Å²) in [5.41, 5.74) is 0. The molecule has 0 aromatic heterocycles. The molecular weight excluding hydrogens is 266 g/mol. The Hall–Kier alpha value is -0.0400. The number of rotatable bonds is 19. The maximum atomic E-state index is 3.61. The van der Waals surface area contributed by atoms with E-state index in [1.165, 1.54) is 122 Å². The van der Waals surface area contributed by atoms with Crippen LogP contribution < -0.4 is 5.32 Å². The highest BCUT2D eigenvalue weighted by atomic mass is 14.8. The highest BCUT2D eigenvalue weighted by molar-refractivity contribution is 4.52. The Morgan fingerprint density at radius 2 is 0.636 bits per heavy atom. The normalized spacial score (nSPS) is 11.2. The molecule has 134 valence electrons. The van der Waals surface area contributed by atoms with Crippen LogP contribution in [-0.4, -0.2) is 13.1 Å². The van der Waals surface area contributed by atoms with E-state index in [1.807, 2.05) is 0 Å². The molecule has 0 atom stereocenters. The molecule has 0 fully saturated rings. The molecule has 0 heterocycles. The lowest BCUT2D eigenvalue weighted by Crippen LogP contribution is -2.16. The molecule has 1 heteroatoms. The zero-order valence-corrected chi connectivity index (χ0v) is 15.9. The van der Waals surface area contributed by atoms with Gasteiger partial charge < -0.3 is 5.32 Å². The van der Waals surface area contributed by atoms with Crippen molar-refractivity contribution in [1.29, 1.82) is 0 Å². The fraction of sp³-hybridized carbons (Fsp3) is 1.00. The van der Waals surface area contributed by atoms with Crippen molar-refractivity contribution in [2.45, 2.75) is 123 Å². The average molecular weight is 312 g/mol. The van der Waals surface area contributed by atoms with Crippen molar-refractivity contribution in [3.05, 3.63) is 0 Å². The van der Waals surface area contributed by atoms with Crippen LogP contribution in [0.15, 0.2) is 0 Å². The van der Waals surface area contributed by atoms with Crippen LogP contribution in [0.1, 0.15) is 123 Å². The number of hydrogen-bond acceptors (Lipinski definition) is 1. The first kappa shape index (κ1) is 22.0. The molecular formula is C21H45N. The van der Waals surface area contributed by atoms with Gasteiger partial charge in [0, 0.05) is 0 Å². The van der Waals surface area contributed by atoms with E-state index in [1.54, 1.807) is 0 Å². The monoisotopic (exact) mass is 311 g/mol. The van der Waals surface area contributed by atoms with E-state index in [0.29, 0.717) is 0 Å². The van der Waals surface area contributed by atoms with Crippen molar-refractivity contribution >= 4 is 0 Å². The van der Waals surface area contributed by atoms with Gasteiger partial charge in [0.1, 0.15) is 0 Å². The molecule has 0 aromatic rings. The minimum Gasteiger partial charge on any atom is -0.317 e. The van der Waals surface area contributed by atoms with Crippen LogP contribution in [0.5, 0.6) is 0 Å². The van der Waals surface area contributed by atoms with E-state index in [-0.39, 0.29) is 0 Å². The van der Waals surface area contributed by atoms with Crippen LogP contribution in [0.2, 0.25) is 0 Å². The molecule has 0 rings (SSSR count). The van der Waals surface area contributed by atoms with Crippen molar-refractivity contribution in [2.24, 2.45) is 0 Å². The standard InChI is InChI=1S/C21H45N/c1-3-5-7-9-11-12-13-14-15-17-19-21-22-20-18-16-10-8-6-4-2/h22H,3-21H2,1-2H3. The van der Waals surface area contributed by atoms with Crippen molar-refractivity contribution in [1.82, 2.24) is 5.32 Å². The van der Waals surface area contributed by atoms with Gasteiger partial charge in [0.25, 0.3) is 0 Å². The molecule has 0 aliphatic rings. The predicted molar refractivity (Wildman–Crippen MR) is 103 cm³/mol. The van der Waals surface area contributed by atoms with Crippen LogP contribution in [0.25, 0.3) is 0 Å². The summed E-state index contributed by atoms with van der Waals surface area (Å²) in [6.07, 6.45) is 24.3. The van der Waals surface area contributed by atoms with Gasteiger partial charge in [0.2, 0.25) is 0 Å². The number of hydrogen-bond donors (Lipinski definition) is 1. The molecule has 0 bridgehead atoms. The van der Waals surface area contributed by atoms with Crippen LogP contribution in [-0.2, 0) is 0 Å². The molecule has 22 heavy (non-hydrogen) atoms. The third kappa shape index (κ3) is 20.0. The van der Waals surface area contributed by atoms with Gasteiger partial charge in [-0.2, -0.15) is 0 Å². The molecule has 1 N–H and O–H groups in total. The van der Waals surface area contributed by atoms with Gasteiger partial charge in [-0.05, 0) is 25.9 Å². The third-order valence-corrected chi connectivity index (χ3v) is 4.66. The second kappa shape index (κ2) is 21.0. The predicted octanol–water partition coefficient (Wildman–Crippen LogP) is 7.25. The molecule has 0 aromatic carbocycles. The Labute approximate surface area is 142 Å². The van der Waals surface area contributed by atoms with Gasteiger partial charge in [-0.1, -0.05) is 110 Å². The fourth-order valence-corrected chi connectivity index (χ4v) is 3.07. The Bertz CT molecular complexity index is 159. The summed E-state index contributed by atoms with van der Waals surface area (Å²) in [6, 6.07) is 0. The van der Waals surface area contributed by atoms with E-state index in [2.05, 4.69) is 19.2 Å². The highest BCUT2D eigenvalue weighted by Gasteiger charge is 1.94. The lowest BCUT2D eigenvalue weighted by molar-refractivity contribution is 0.529. The SMILES string of the molecule is CCCCCCCCCCCCCNCCCCCCCC. The number of unbranched alkanes of at least 4 members (excludes halogenated alkanes) is 15. The highest BCUT2D eigenvalue weighted by Crippen LogP contribution is 2.11. The van der Waals surface area contributed by atoms with Crippen molar-refractivity contribution < 1.29 is 0 Å². The Balaban J connectivity index is 2.91. The molecule has 0 amide bonds. The molecule has 0 saturated carbocycles. The molecule has 1 nitrogen and oxygen atoms in total. The van der Waals surface area contributed by atoms with Gasteiger partial charge in [0.15, 0.2) is 0 Å². The quantitative estimate of drug-likeness (QED) is 0.248. The summed E-state index contributed by atoms with van der Waals surface area (Å²) in [5.74, 6) is 0. The van der Waals surface area contributed by atoms with Crippen LogP contribution in [0, 0.1) is 0 Å². The second-order valence-corrected chi connectivity index (χ2v) is 7.05. The van der Waals surface area contributed by atoms with Gasteiger partial charge in [-0.3, -0.25) is 0 Å². The summed E-state index contributed by atoms with van der Waals surface area (Å²) in [4.78, 5) is 0. The second-order valence-electron chi connectivity index (χ2n) is 7.05. The average Bonchev–Trinajstić information content (AvgIpc) is 2.54. The van der Waals surface area contributed by atoms with Crippen LogP contribution in [0.3, 0.4) is 0 Å². The summed E-state index contributed by atoms with van der Waals surface area (Å²) >= 11 is 0. The fourth-order valence-electron chi connectivity index (χ4n) is 3.07. The smallest absolute Gasteiger partial charge is 0.00489 e. The van der Waals surface area contributed by atoms with Crippen LogP contribution in [0.4, 0.5) is 0 Å². The Morgan fingerprint density at radius 1 is 0.364 bits per heavy atom. The maximum absolute atomic E-state index is 3.61. The van der Waals surface area contributed by atoms with Gasteiger partial charge in [0.05, 0.1) is 0 Å². The Kier molecular flexibility index (Phi) is 20.9. The molecule has 0 unspecified atom stereocenters. The minimum absolute atomic E-state index is 1.24. The third-order valence-electron chi connectivity index (χ3n) is 4.66. The Morgan fingerprint density at radius 3 is 0.955 bits per heavy atom. The molecule has 0 aliphatic heterocycles.